The monoisotopic (exact) mass is 367 g/mol. The zero-order chi connectivity index (χ0) is 18.9. The molecular formula is C18H20F3N3O2. The number of H-pyrrole nitrogens is 2. The number of likely N-dealkylation sites (tertiary alicyclic amines) is 1. The number of hydrogen-bond acceptors (Lipinski definition) is 3. The van der Waals surface area contributed by atoms with Crippen LogP contribution in [0.15, 0.2) is 39.9 Å². The minimum atomic E-state index is -4.34. The zero-order valence-electron chi connectivity index (χ0n) is 14.3. The van der Waals surface area contributed by atoms with Crippen LogP contribution in [0.5, 0.6) is 0 Å². The second-order valence-electron chi connectivity index (χ2n) is 6.57. The van der Waals surface area contributed by atoms with Gasteiger partial charge in [-0.1, -0.05) is 19.1 Å². The molecule has 26 heavy (non-hydrogen) atoms. The lowest BCUT2D eigenvalue weighted by Crippen LogP contribution is -2.28. The number of alkyl halides is 3. The van der Waals surface area contributed by atoms with Gasteiger partial charge in [-0.2, -0.15) is 13.2 Å². The van der Waals surface area contributed by atoms with Crippen molar-refractivity contribution in [2.45, 2.75) is 37.9 Å². The van der Waals surface area contributed by atoms with Crippen LogP contribution in [0.3, 0.4) is 0 Å². The Hall–Kier alpha value is -2.35. The Morgan fingerprint density at radius 3 is 2.46 bits per heavy atom. The van der Waals surface area contributed by atoms with Gasteiger partial charge in [0.2, 0.25) is 0 Å². The topological polar surface area (TPSA) is 69.0 Å². The summed E-state index contributed by atoms with van der Waals surface area (Å²) in [6.07, 6.45) is -2.81. The summed E-state index contributed by atoms with van der Waals surface area (Å²) in [5.74, 6) is 0.0218. The van der Waals surface area contributed by atoms with Gasteiger partial charge in [0.15, 0.2) is 0 Å². The fourth-order valence-electron chi connectivity index (χ4n) is 3.63. The molecule has 1 aliphatic rings. The lowest BCUT2D eigenvalue weighted by molar-refractivity contribution is -0.137. The predicted molar refractivity (Wildman–Crippen MR) is 91.1 cm³/mol. The third-order valence-electron chi connectivity index (χ3n) is 4.89. The Balaban J connectivity index is 1.77. The number of nitrogens with one attached hydrogen (secondary N) is 2. The van der Waals surface area contributed by atoms with E-state index in [9.17, 15) is 22.8 Å². The minimum absolute atomic E-state index is 0.00370. The first kappa shape index (κ1) is 18.4. The van der Waals surface area contributed by atoms with Crippen LogP contribution in [0.1, 0.15) is 48.5 Å². The third kappa shape index (κ3) is 3.90. The number of hydrogen-bond donors (Lipinski definition) is 2. The molecule has 1 aliphatic heterocycles. The molecule has 2 heterocycles. The van der Waals surface area contributed by atoms with Gasteiger partial charge in [0, 0.05) is 30.3 Å². The number of aromatic nitrogens is 2. The van der Waals surface area contributed by atoms with Crippen molar-refractivity contribution in [2.24, 2.45) is 0 Å². The molecule has 0 spiro atoms. The van der Waals surface area contributed by atoms with Crippen molar-refractivity contribution in [3.05, 3.63) is 68.0 Å². The van der Waals surface area contributed by atoms with E-state index in [2.05, 4.69) is 14.9 Å². The van der Waals surface area contributed by atoms with E-state index in [1.165, 1.54) is 18.2 Å². The summed E-state index contributed by atoms with van der Waals surface area (Å²) in [4.78, 5) is 30.0. The van der Waals surface area contributed by atoms with E-state index in [0.29, 0.717) is 12.2 Å². The second kappa shape index (κ2) is 7.11. The third-order valence-corrected chi connectivity index (χ3v) is 4.89. The van der Waals surface area contributed by atoms with E-state index < -0.39 is 23.0 Å². The number of nitrogens with zero attached hydrogens (tertiary/aromatic N) is 1. The van der Waals surface area contributed by atoms with E-state index in [1.807, 2.05) is 6.92 Å². The molecule has 0 saturated carbocycles. The van der Waals surface area contributed by atoms with Crippen LogP contribution in [-0.4, -0.2) is 28.0 Å². The summed E-state index contributed by atoms with van der Waals surface area (Å²) >= 11 is 0. The maximum absolute atomic E-state index is 12.7. The first-order valence-electron chi connectivity index (χ1n) is 8.52. The number of halogens is 3. The van der Waals surface area contributed by atoms with Crippen molar-refractivity contribution >= 4 is 0 Å². The van der Waals surface area contributed by atoms with E-state index in [-0.39, 0.29) is 12.0 Å². The normalized spacial score (nSPS) is 19.6. The molecule has 2 aromatic rings. The van der Waals surface area contributed by atoms with E-state index in [4.69, 9.17) is 0 Å². The van der Waals surface area contributed by atoms with Crippen molar-refractivity contribution in [3.8, 4) is 0 Å². The second-order valence-corrected chi connectivity index (χ2v) is 6.57. The Morgan fingerprint density at radius 2 is 1.88 bits per heavy atom. The van der Waals surface area contributed by atoms with Crippen LogP contribution in [-0.2, 0) is 6.18 Å². The van der Waals surface area contributed by atoms with Gasteiger partial charge in [0.1, 0.15) is 0 Å². The van der Waals surface area contributed by atoms with Crippen molar-refractivity contribution in [1.82, 2.24) is 14.9 Å². The molecule has 0 amide bonds. The number of rotatable bonds is 4. The van der Waals surface area contributed by atoms with Crippen LogP contribution in [0.2, 0.25) is 0 Å². The predicted octanol–water partition coefficient (Wildman–Crippen LogP) is 3.02. The fraction of sp³-hybridized carbons (Fsp3) is 0.444. The minimum Gasteiger partial charge on any atom is -0.311 e. The van der Waals surface area contributed by atoms with Gasteiger partial charge >= 0.3 is 11.9 Å². The van der Waals surface area contributed by atoms with Crippen molar-refractivity contribution < 1.29 is 13.2 Å². The highest BCUT2D eigenvalue weighted by Crippen LogP contribution is 2.35. The smallest absolute Gasteiger partial charge is 0.311 e. The lowest BCUT2D eigenvalue weighted by Gasteiger charge is -2.27. The Bertz CT molecular complexity index is 842. The van der Waals surface area contributed by atoms with E-state index in [0.717, 1.165) is 37.1 Å². The van der Waals surface area contributed by atoms with Crippen LogP contribution < -0.4 is 11.2 Å². The Labute approximate surface area is 147 Å². The first-order chi connectivity index (χ1) is 12.3. The van der Waals surface area contributed by atoms with Gasteiger partial charge in [-0.25, -0.2) is 4.79 Å². The zero-order valence-corrected chi connectivity index (χ0v) is 14.3. The summed E-state index contributed by atoms with van der Waals surface area (Å²) in [5.41, 5.74) is -0.182. The number of aromatic amines is 2. The van der Waals surface area contributed by atoms with Crippen LogP contribution in [0.4, 0.5) is 13.2 Å². The van der Waals surface area contributed by atoms with Crippen LogP contribution in [0.25, 0.3) is 0 Å². The molecule has 8 heteroatoms. The maximum Gasteiger partial charge on any atom is 0.416 e. The molecule has 1 aromatic carbocycles. The molecule has 140 valence electrons. The highest BCUT2D eigenvalue weighted by atomic mass is 19.4. The average molecular weight is 367 g/mol. The molecule has 1 saturated heterocycles. The SMILES string of the molecule is CCC(c1ccc(C(F)(F)F)cc1)N1CCC(c2cc(=O)[nH]c(=O)[nH]2)C1. The summed E-state index contributed by atoms with van der Waals surface area (Å²) in [6, 6.07) is 6.67. The van der Waals surface area contributed by atoms with Gasteiger partial charge in [-0.3, -0.25) is 14.7 Å². The van der Waals surface area contributed by atoms with Crippen molar-refractivity contribution in [2.75, 3.05) is 13.1 Å². The quantitative estimate of drug-likeness (QED) is 0.873. The summed E-state index contributed by atoms with van der Waals surface area (Å²) in [7, 11) is 0. The standard InChI is InChI=1S/C18H20F3N3O2/c1-2-15(11-3-5-13(6-4-11)18(19,20)21)24-8-7-12(10-24)14-9-16(25)23-17(26)22-14/h3-6,9,12,15H,2,7-8,10H2,1H3,(H2,22,23,25,26). The van der Waals surface area contributed by atoms with Gasteiger partial charge in [0.25, 0.3) is 5.56 Å². The van der Waals surface area contributed by atoms with Crippen LogP contribution in [0, 0.1) is 0 Å². The molecular weight excluding hydrogens is 347 g/mol. The fourth-order valence-corrected chi connectivity index (χ4v) is 3.63. The molecule has 1 aromatic heterocycles. The van der Waals surface area contributed by atoms with Gasteiger partial charge < -0.3 is 4.98 Å². The summed E-state index contributed by atoms with van der Waals surface area (Å²) in [6.45, 7) is 3.38. The molecule has 1 fully saturated rings. The Kier molecular flexibility index (Phi) is 5.04. The highest BCUT2D eigenvalue weighted by molar-refractivity contribution is 5.27. The molecule has 0 radical (unpaired) electrons. The van der Waals surface area contributed by atoms with Crippen LogP contribution >= 0.6 is 0 Å². The molecule has 5 nitrogen and oxygen atoms in total. The highest BCUT2D eigenvalue weighted by Gasteiger charge is 2.32. The van der Waals surface area contributed by atoms with Gasteiger partial charge in [0.05, 0.1) is 5.56 Å². The van der Waals surface area contributed by atoms with Gasteiger partial charge in [-0.05, 0) is 37.1 Å². The van der Waals surface area contributed by atoms with Gasteiger partial charge in [-0.15, -0.1) is 0 Å². The largest absolute Gasteiger partial charge is 0.416 e. The summed E-state index contributed by atoms with van der Waals surface area (Å²) in [5, 5.41) is 0. The Morgan fingerprint density at radius 1 is 1.19 bits per heavy atom. The van der Waals surface area contributed by atoms with Crippen molar-refractivity contribution in [1.29, 1.82) is 0 Å². The molecule has 2 N–H and O–H groups in total. The molecule has 2 unspecified atom stereocenters. The van der Waals surface area contributed by atoms with E-state index in [1.54, 1.807) is 0 Å². The molecule has 3 rings (SSSR count). The van der Waals surface area contributed by atoms with Crippen molar-refractivity contribution in [3.63, 3.8) is 0 Å². The maximum atomic E-state index is 12.7. The number of benzene rings is 1. The molecule has 0 aliphatic carbocycles. The van der Waals surface area contributed by atoms with E-state index >= 15 is 0 Å². The average Bonchev–Trinajstić information content (AvgIpc) is 3.04. The molecule has 2 atom stereocenters. The molecule has 0 bridgehead atoms. The summed E-state index contributed by atoms with van der Waals surface area (Å²) < 4.78 is 38.2. The first-order valence-corrected chi connectivity index (χ1v) is 8.52. The lowest BCUT2D eigenvalue weighted by atomic mass is 10.0.